The summed E-state index contributed by atoms with van der Waals surface area (Å²) in [5, 5.41) is 8.47. The molecule has 0 aliphatic heterocycles. The quantitative estimate of drug-likeness (QED) is 0.366. The van der Waals surface area contributed by atoms with Crippen LogP contribution in [-0.2, 0) is 4.79 Å². The topological polar surface area (TPSA) is 37.3 Å². The zero-order valence-corrected chi connectivity index (χ0v) is 8.96. The minimum atomic E-state index is -0.839. The molecule has 80 valence electrons. The molecule has 2 nitrogen and oxygen atoms in total. The van der Waals surface area contributed by atoms with E-state index < -0.39 is 5.97 Å². The maximum Gasteiger partial charge on any atom is 0.328 e. The van der Waals surface area contributed by atoms with Crippen molar-refractivity contribution >= 4 is 5.97 Å². The van der Waals surface area contributed by atoms with Crippen molar-refractivity contribution in [3.8, 4) is 0 Å². The highest BCUT2D eigenvalue weighted by Crippen LogP contribution is 2.10. The Balaban J connectivity index is 3.35. The molecule has 0 aliphatic carbocycles. The van der Waals surface area contributed by atoms with Crippen molar-refractivity contribution in [2.24, 2.45) is 0 Å². The summed E-state index contributed by atoms with van der Waals surface area (Å²) in [6.45, 7) is 5.54. The predicted octanol–water partition coefficient (Wildman–Crippen LogP) is 3.54. The molecular formula is C12H20O2. The van der Waals surface area contributed by atoms with E-state index in [0.717, 1.165) is 24.8 Å². The Bertz CT molecular complexity index is 204. The van der Waals surface area contributed by atoms with Gasteiger partial charge in [0, 0.05) is 6.08 Å². The molecule has 1 N–H and O–H groups in total. The molecule has 0 radical (unpaired) electrons. The SMILES string of the molecule is C=CCCCCCCC(C)=CC(=O)O. The molecule has 0 unspecified atom stereocenters. The van der Waals surface area contributed by atoms with Crippen molar-refractivity contribution in [3.63, 3.8) is 0 Å². The van der Waals surface area contributed by atoms with Crippen LogP contribution in [0, 0.1) is 0 Å². The summed E-state index contributed by atoms with van der Waals surface area (Å²) in [5.41, 5.74) is 0.959. The first kappa shape index (κ1) is 12.9. The van der Waals surface area contributed by atoms with Gasteiger partial charge in [0.05, 0.1) is 0 Å². The van der Waals surface area contributed by atoms with Gasteiger partial charge in [-0.3, -0.25) is 0 Å². The van der Waals surface area contributed by atoms with Crippen LogP contribution < -0.4 is 0 Å². The number of carboxylic acid groups (broad SMARTS) is 1. The second-order valence-electron chi connectivity index (χ2n) is 3.57. The van der Waals surface area contributed by atoms with Crippen LogP contribution in [0.5, 0.6) is 0 Å². The molecule has 0 rings (SSSR count). The largest absolute Gasteiger partial charge is 0.478 e. The van der Waals surface area contributed by atoms with Crippen LogP contribution in [0.25, 0.3) is 0 Å². The van der Waals surface area contributed by atoms with Gasteiger partial charge in [0.15, 0.2) is 0 Å². The number of rotatable bonds is 8. The smallest absolute Gasteiger partial charge is 0.328 e. The zero-order valence-electron chi connectivity index (χ0n) is 8.96. The normalized spacial score (nSPS) is 11.4. The average molecular weight is 196 g/mol. The highest BCUT2D eigenvalue weighted by Gasteiger charge is 1.94. The molecule has 0 atom stereocenters. The van der Waals surface area contributed by atoms with E-state index in [1.54, 1.807) is 0 Å². The van der Waals surface area contributed by atoms with Crippen LogP contribution in [0.15, 0.2) is 24.3 Å². The number of allylic oxidation sites excluding steroid dienone is 2. The Hall–Kier alpha value is -1.05. The lowest BCUT2D eigenvalue weighted by atomic mass is 10.1. The highest BCUT2D eigenvalue weighted by molar-refractivity contribution is 5.80. The number of aliphatic carboxylic acids is 1. The summed E-state index contributed by atoms with van der Waals surface area (Å²) < 4.78 is 0. The fraction of sp³-hybridized carbons (Fsp3) is 0.583. The van der Waals surface area contributed by atoms with Crippen molar-refractivity contribution in [3.05, 3.63) is 24.3 Å². The van der Waals surface area contributed by atoms with E-state index in [0.29, 0.717) is 0 Å². The molecule has 0 aliphatic rings. The van der Waals surface area contributed by atoms with Gasteiger partial charge in [-0.15, -0.1) is 6.58 Å². The van der Waals surface area contributed by atoms with E-state index in [9.17, 15) is 4.79 Å². The molecule has 0 spiro atoms. The molecule has 14 heavy (non-hydrogen) atoms. The standard InChI is InChI=1S/C12H20O2/c1-3-4-5-6-7-8-9-11(2)10-12(13)14/h3,10H,1,4-9H2,2H3,(H,13,14). The van der Waals surface area contributed by atoms with Gasteiger partial charge in [-0.2, -0.15) is 0 Å². The Kier molecular flexibility index (Phi) is 7.90. The van der Waals surface area contributed by atoms with Gasteiger partial charge in [-0.25, -0.2) is 4.79 Å². The molecule has 0 aromatic rings. The van der Waals surface area contributed by atoms with Gasteiger partial charge >= 0.3 is 5.97 Å². The average Bonchev–Trinajstić information content (AvgIpc) is 2.10. The van der Waals surface area contributed by atoms with Gasteiger partial charge in [0.2, 0.25) is 0 Å². The fourth-order valence-corrected chi connectivity index (χ4v) is 1.33. The van der Waals surface area contributed by atoms with Crippen LogP contribution in [0.1, 0.15) is 45.4 Å². The molecule has 2 heteroatoms. The van der Waals surface area contributed by atoms with Crippen molar-refractivity contribution in [1.82, 2.24) is 0 Å². The van der Waals surface area contributed by atoms with Crippen molar-refractivity contribution in [2.45, 2.75) is 45.4 Å². The van der Waals surface area contributed by atoms with Crippen LogP contribution in [0.3, 0.4) is 0 Å². The first-order valence-corrected chi connectivity index (χ1v) is 5.18. The third-order valence-electron chi connectivity index (χ3n) is 2.10. The first-order chi connectivity index (χ1) is 6.66. The van der Waals surface area contributed by atoms with Gasteiger partial charge < -0.3 is 5.11 Å². The van der Waals surface area contributed by atoms with E-state index in [-0.39, 0.29) is 0 Å². The Morgan fingerprint density at radius 3 is 2.50 bits per heavy atom. The summed E-state index contributed by atoms with van der Waals surface area (Å²) in [4.78, 5) is 10.3. The zero-order chi connectivity index (χ0) is 10.8. The first-order valence-electron chi connectivity index (χ1n) is 5.18. The summed E-state index contributed by atoms with van der Waals surface area (Å²) in [5.74, 6) is -0.839. The second kappa shape index (κ2) is 8.54. The molecule has 0 aromatic heterocycles. The minimum absolute atomic E-state index is 0.839. The number of carboxylic acids is 1. The molecule has 0 fully saturated rings. The van der Waals surface area contributed by atoms with Crippen molar-refractivity contribution < 1.29 is 9.90 Å². The molecule has 0 amide bonds. The molecule has 0 saturated heterocycles. The third-order valence-corrected chi connectivity index (χ3v) is 2.10. The second-order valence-corrected chi connectivity index (χ2v) is 3.57. The highest BCUT2D eigenvalue weighted by atomic mass is 16.4. The van der Waals surface area contributed by atoms with Crippen LogP contribution in [0.4, 0.5) is 0 Å². The van der Waals surface area contributed by atoms with Gasteiger partial charge in [0.25, 0.3) is 0 Å². The molecule has 0 aromatic carbocycles. The molecule has 0 bridgehead atoms. The van der Waals surface area contributed by atoms with E-state index in [2.05, 4.69) is 6.58 Å². The summed E-state index contributed by atoms with van der Waals surface area (Å²) in [6.07, 6.45) is 9.91. The third kappa shape index (κ3) is 9.04. The summed E-state index contributed by atoms with van der Waals surface area (Å²) in [6, 6.07) is 0. The van der Waals surface area contributed by atoms with Crippen molar-refractivity contribution in [1.29, 1.82) is 0 Å². The lowest BCUT2D eigenvalue weighted by Crippen LogP contribution is -1.90. The predicted molar refractivity (Wildman–Crippen MR) is 59.3 cm³/mol. The van der Waals surface area contributed by atoms with E-state index >= 15 is 0 Å². The van der Waals surface area contributed by atoms with E-state index in [4.69, 9.17) is 5.11 Å². The molecule has 0 saturated carbocycles. The van der Waals surface area contributed by atoms with Gasteiger partial charge in [-0.05, 0) is 32.6 Å². The fourth-order valence-electron chi connectivity index (χ4n) is 1.33. The number of hydrogen-bond donors (Lipinski definition) is 1. The van der Waals surface area contributed by atoms with Gasteiger partial charge in [0.1, 0.15) is 0 Å². The minimum Gasteiger partial charge on any atom is -0.478 e. The number of carbonyl (C=O) groups is 1. The van der Waals surface area contributed by atoms with E-state index in [1.165, 1.54) is 25.3 Å². The maximum atomic E-state index is 10.3. The Morgan fingerprint density at radius 1 is 1.29 bits per heavy atom. The van der Waals surface area contributed by atoms with Crippen LogP contribution >= 0.6 is 0 Å². The van der Waals surface area contributed by atoms with Crippen LogP contribution in [-0.4, -0.2) is 11.1 Å². The van der Waals surface area contributed by atoms with E-state index in [1.807, 2.05) is 13.0 Å². The number of hydrogen-bond acceptors (Lipinski definition) is 1. The lowest BCUT2D eigenvalue weighted by molar-refractivity contribution is -0.131. The lowest BCUT2D eigenvalue weighted by Gasteiger charge is -2.00. The van der Waals surface area contributed by atoms with Gasteiger partial charge in [-0.1, -0.05) is 24.5 Å². The summed E-state index contributed by atoms with van der Waals surface area (Å²) in [7, 11) is 0. The summed E-state index contributed by atoms with van der Waals surface area (Å²) >= 11 is 0. The molecule has 0 heterocycles. The Labute approximate surface area is 86.3 Å². The van der Waals surface area contributed by atoms with Crippen molar-refractivity contribution in [2.75, 3.05) is 0 Å². The number of unbranched alkanes of at least 4 members (excludes halogenated alkanes) is 4. The van der Waals surface area contributed by atoms with Crippen LogP contribution in [0.2, 0.25) is 0 Å². The Morgan fingerprint density at radius 2 is 1.93 bits per heavy atom. The maximum absolute atomic E-state index is 10.3. The monoisotopic (exact) mass is 196 g/mol. The molecular weight excluding hydrogens is 176 g/mol.